The second-order valence-electron chi connectivity index (χ2n) is 6.71. The molecule has 1 aliphatic rings. The normalized spacial score (nSPS) is 15.7. The minimum absolute atomic E-state index is 0.00882. The van der Waals surface area contributed by atoms with E-state index in [2.05, 4.69) is 10.4 Å². The van der Waals surface area contributed by atoms with Gasteiger partial charge in [0.25, 0.3) is 0 Å². The standard InChI is InChI=1S/C19H24N4O2/c1-13(2)22-12-16(11-20-22)21-19(25)14(3)23-17-9-5-4-7-15(17)8-6-10-18(23)24/h4-5,7,9,11-14H,6,8,10H2,1-3H3,(H,21,25). The number of amides is 2. The number of aromatic nitrogens is 2. The highest BCUT2D eigenvalue weighted by Crippen LogP contribution is 2.28. The quantitative estimate of drug-likeness (QED) is 0.929. The summed E-state index contributed by atoms with van der Waals surface area (Å²) < 4.78 is 1.78. The average Bonchev–Trinajstić information content (AvgIpc) is 2.98. The molecule has 0 bridgehead atoms. The molecule has 1 aromatic heterocycles. The van der Waals surface area contributed by atoms with Gasteiger partial charge in [0.15, 0.2) is 0 Å². The molecular weight excluding hydrogens is 316 g/mol. The maximum Gasteiger partial charge on any atom is 0.247 e. The molecule has 2 amide bonds. The third-order valence-electron chi connectivity index (χ3n) is 4.52. The lowest BCUT2D eigenvalue weighted by atomic mass is 10.1. The Morgan fingerprint density at radius 1 is 1.20 bits per heavy atom. The molecule has 1 aromatic carbocycles. The molecule has 6 nitrogen and oxygen atoms in total. The maximum atomic E-state index is 12.7. The first-order valence-electron chi connectivity index (χ1n) is 8.72. The first-order chi connectivity index (χ1) is 12.0. The Balaban J connectivity index is 1.81. The number of carbonyl (C=O) groups is 2. The molecule has 0 saturated heterocycles. The van der Waals surface area contributed by atoms with Crippen LogP contribution in [0.3, 0.4) is 0 Å². The van der Waals surface area contributed by atoms with Gasteiger partial charge < -0.3 is 5.32 Å². The number of para-hydroxylation sites is 1. The molecule has 2 heterocycles. The van der Waals surface area contributed by atoms with Crippen LogP contribution in [0.2, 0.25) is 0 Å². The van der Waals surface area contributed by atoms with Gasteiger partial charge in [-0.05, 0) is 45.2 Å². The van der Waals surface area contributed by atoms with Crippen LogP contribution in [-0.2, 0) is 16.0 Å². The molecule has 1 aliphatic heterocycles. The summed E-state index contributed by atoms with van der Waals surface area (Å²) in [6.45, 7) is 5.81. The first kappa shape index (κ1) is 17.2. The number of hydrogen-bond acceptors (Lipinski definition) is 3. The number of carbonyl (C=O) groups excluding carboxylic acids is 2. The van der Waals surface area contributed by atoms with Crippen LogP contribution in [-0.4, -0.2) is 27.6 Å². The molecule has 0 fully saturated rings. The summed E-state index contributed by atoms with van der Waals surface area (Å²) in [4.78, 5) is 26.9. The zero-order chi connectivity index (χ0) is 18.0. The molecular formula is C19H24N4O2. The molecule has 0 aliphatic carbocycles. The number of nitrogens with one attached hydrogen (secondary N) is 1. The van der Waals surface area contributed by atoms with Crippen molar-refractivity contribution >= 4 is 23.2 Å². The van der Waals surface area contributed by atoms with E-state index in [0.717, 1.165) is 24.1 Å². The predicted octanol–water partition coefficient (Wildman–Crippen LogP) is 3.16. The van der Waals surface area contributed by atoms with E-state index in [1.165, 1.54) is 0 Å². The highest BCUT2D eigenvalue weighted by molar-refractivity contribution is 6.05. The van der Waals surface area contributed by atoms with E-state index >= 15 is 0 Å². The highest BCUT2D eigenvalue weighted by Gasteiger charge is 2.30. The van der Waals surface area contributed by atoms with E-state index in [1.807, 2.05) is 38.1 Å². The SMILES string of the molecule is CC(C(=O)Nc1cnn(C(C)C)c1)N1C(=O)CCCc2ccccc21. The van der Waals surface area contributed by atoms with Crippen molar-refractivity contribution in [3.8, 4) is 0 Å². The number of aryl methyl sites for hydroxylation is 1. The third-order valence-corrected chi connectivity index (χ3v) is 4.52. The Labute approximate surface area is 147 Å². The molecule has 6 heteroatoms. The van der Waals surface area contributed by atoms with Gasteiger partial charge in [0.1, 0.15) is 6.04 Å². The summed E-state index contributed by atoms with van der Waals surface area (Å²) in [6, 6.07) is 7.45. The molecule has 25 heavy (non-hydrogen) atoms. The second-order valence-corrected chi connectivity index (χ2v) is 6.71. The van der Waals surface area contributed by atoms with E-state index < -0.39 is 6.04 Å². The minimum atomic E-state index is -0.589. The number of anilines is 2. The van der Waals surface area contributed by atoms with Gasteiger partial charge in [-0.2, -0.15) is 5.10 Å². The highest BCUT2D eigenvalue weighted by atomic mass is 16.2. The van der Waals surface area contributed by atoms with Gasteiger partial charge in [-0.25, -0.2) is 0 Å². The van der Waals surface area contributed by atoms with E-state index in [-0.39, 0.29) is 17.9 Å². The molecule has 1 N–H and O–H groups in total. The Kier molecular flexibility index (Phi) is 4.88. The zero-order valence-electron chi connectivity index (χ0n) is 14.9. The summed E-state index contributed by atoms with van der Waals surface area (Å²) in [5, 5.41) is 7.10. The van der Waals surface area contributed by atoms with E-state index in [0.29, 0.717) is 12.1 Å². The number of benzene rings is 1. The fourth-order valence-electron chi connectivity index (χ4n) is 3.12. The maximum absolute atomic E-state index is 12.7. The topological polar surface area (TPSA) is 67.2 Å². The molecule has 1 atom stereocenters. The van der Waals surface area contributed by atoms with E-state index in [1.54, 1.807) is 28.9 Å². The lowest BCUT2D eigenvalue weighted by Gasteiger charge is -2.28. The van der Waals surface area contributed by atoms with Crippen LogP contribution in [0.1, 0.15) is 45.2 Å². The van der Waals surface area contributed by atoms with Crippen molar-refractivity contribution in [3.63, 3.8) is 0 Å². The van der Waals surface area contributed by atoms with Crippen LogP contribution < -0.4 is 10.2 Å². The Bertz CT molecular complexity index is 781. The van der Waals surface area contributed by atoms with Gasteiger partial charge in [0.05, 0.1) is 11.9 Å². The molecule has 0 spiro atoms. The fourth-order valence-corrected chi connectivity index (χ4v) is 3.12. The Morgan fingerprint density at radius 2 is 1.96 bits per heavy atom. The second kappa shape index (κ2) is 7.09. The van der Waals surface area contributed by atoms with Crippen LogP contribution >= 0.6 is 0 Å². The number of hydrogen-bond donors (Lipinski definition) is 1. The monoisotopic (exact) mass is 340 g/mol. The van der Waals surface area contributed by atoms with Crippen LogP contribution in [0, 0.1) is 0 Å². The van der Waals surface area contributed by atoms with Crippen molar-refractivity contribution in [2.75, 3.05) is 10.2 Å². The van der Waals surface area contributed by atoms with Gasteiger partial charge in [0.2, 0.25) is 11.8 Å². The summed E-state index contributed by atoms with van der Waals surface area (Å²) in [6.07, 6.45) is 5.55. The molecule has 2 aromatic rings. The van der Waals surface area contributed by atoms with Crippen molar-refractivity contribution in [2.45, 2.75) is 52.1 Å². The van der Waals surface area contributed by atoms with Crippen LogP contribution in [0.15, 0.2) is 36.7 Å². The van der Waals surface area contributed by atoms with Gasteiger partial charge in [-0.15, -0.1) is 0 Å². The van der Waals surface area contributed by atoms with E-state index in [4.69, 9.17) is 0 Å². The minimum Gasteiger partial charge on any atom is -0.322 e. The summed E-state index contributed by atoms with van der Waals surface area (Å²) in [5.74, 6) is -0.223. The molecule has 132 valence electrons. The number of nitrogens with zero attached hydrogens (tertiary/aromatic N) is 3. The number of fused-ring (bicyclic) bond motifs is 1. The van der Waals surface area contributed by atoms with Crippen molar-refractivity contribution in [1.29, 1.82) is 0 Å². The van der Waals surface area contributed by atoms with Crippen LogP contribution in [0.4, 0.5) is 11.4 Å². The molecule has 0 saturated carbocycles. The number of rotatable bonds is 4. The zero-order valence-corrected chi connectivity index (χ0v) is 14.9. The van der Waals surface area contributed by atoms with Crippen LogP contribution in [0.25, 0.3) is 0 Å². The van der Waals surface area contributed by atoms with Gasteiger partial charge in [-0.3, -0.25) is 19.2 Å². The summed E-state index contributed by atoms with van der Waals surface area (Å²) >= 11 is 0. The predicted molar refractivity (Wildman–Crippen MR) is 97.6 cm³/mol. The van der Waals surface area contributed by atoms with Crippen molar-refractivity contribution in [2.24, 2.45) is 0 Å². The Hall–Kier alpha value is -2.63. The van der Waals surface area contributed by atoms with Gasteiger partial charge >= 0.3 is 0 Å². The first-order valence-corrected chi connectivity index (χ1v) is 8.72. The third kappa shape index (κ3) is 3.57. The van der Waals surface area contributed by atoms with Gasteiger partial charge in [-0.1, -0.05) is 18.2 Å². The van der Waals surface area contributed by atoms with Crippen LogP contribution in [0.5, 0.6) is 0 Å². The lowest BCUT2D eigenvalue weighted by molar-refractivity contribution is -0.123. The van der Waals surface area contributed by atoms with Crippen molar-refractivity contribution in [3.05, 3.63) is 42.2 Å². The fraction of sp³-hybridized carbons (Fsp3) is 0.421. The largest absolute Gasteiger partial charge is 0.322 e. The summed E-state index contributed by atoms with van der Waals surface area (Å²) in [7, 11) is 0. The molecule has 3 rings (SSSR count). The smallest absolute Gasteiger partial charge is 0.247 e. The molecule has 0 radical (unpaired) electrons. The average molecular weight is 340 g/mol. The van der Waals surface area contributed by atoms with Crippen molar-refractivity contribution in [1.82, 2.24) is 9.78 Å². The van der Waals surface area contributed by atoms with Gasteiger partial charge in [0, 0.05) is 24.3 Å². The Morgan fingerprint density at radius 3 is 2.68 bits per heavy atom. The van der Waals surface area contributed by atoms with E-state index in [9.17, 15) is 9.59 Å². The van der Waals surface area contributed by atoms with Crippen molar-refractivity contribution < 1.29 is 9.59 Å². The lowest BCUT2D eigenvalue weighted by Crippen LogP contribution is -2.45. The summed E-state index contributed by atoms with van der Waals surface area (Å²) in [5.41, 5.74) is 2.59. The molecule has 1 unspecified atom stereocenters.